The molecule has 0 fully saturated rings. The standard InChI is InChI=1S/C16H16INO4/c1-20-11-5-7-15(22-3)13(9-11)18-16(19)10-4-6-14(21-2)12(17)8-10/h4-9H,1-3H3,(H,18,19). The number of benzene rings is 2. The van der Waals surface area contributed by atoms with Gasteiger partial charge in [-0.3, -0.25) is 4.79 Å². The maximum atomic E-state index is 12.4. The average molecular weight is 413 g/mol. The molecular formula is C16H16INO4. The van der Waals surface area contributed by atoms with Gasteiger partial charge >= 0.3 is 0 Å². The Kier molecular flexibility index (Phi) is 5.48. The van der Waals surface area contributed by atoms with Crippen molar-refractivity contribution < 1.29 is 19.0 Å². The van der Waals surface area contributed by atoms with Crippen LogP contribution in [-0.2, 0) is 0 Å². The van der Waals surface area contributed by atoms with Crippen LogP contribution in [0.15, 0.2) is 36.4 Å². The summed E-state index contributed by atoms with van der Waals surface area (Å²) in [4.78, 5) is 12.4. The molecular weight excluding hydrogens is 397 g/mol. The molecule has 5 nitrogen and oxygen atoms in total. The third-order valence-corrected chi connectivity index (χ3v) is 3.91. The predicted molar refractivity (Wildman–Crippen MR) is 93.2 cm³/mol. The van der Waals surface area contributed by atoms with Crippen LogP contribution in [-0.4, -0.2) is 27.2 Å². The second kappa shape index (κ2) is 7.35. The van der Waals surface area contributed by atoms with Crippen molar-refractivity contribution in [2.24, 2.45) is 0 Å². The molecule has 0 bridgehead atoms. The second-order valence-corrected chi connectivity index (χ2v) is 5.53. The highest BCUT2D eigenvalue weighted by atomic mass is 127. The maximum Gasteiger partial charge on any atom is 0.255 e. The number of ether oxygens (including phenoxy) is 3. The first kappa shape index (κ1) is 16.4. The Balaban J connectivity index is 2.26. The van der Waals surface area contributed by atoms with Crippen molar-refractivity contribution in [1.29, 1.82) is 0 Å². The fourth-order valence-corrected chi connectivity index (χ4v) is 2.65. The number of amides is 1. The highest BCUT2D eigenvalue weighted by molar-refractivity contribution is 14.1. The molecule has 0 saturated carbocycles. The van der Waals surface area contributed by atoms with E-state index in [2.05, 4.69) is 27.9 Å². The minimum Gasteiger partial charge on any atom is -0.497 e. The molecule has 6 heteroatoms. The molecule has 0 aliphatic carbocycles. The quantitative estimate of drug-likeness (QED) is 0.762. The van der Waals surface area contributed by atoms with Gasteiger partial charge in [-0.05, 0) is 52.9 Å². The molecule has 2 rings (SSSR count). The fraction of sp³-hybridized carbons (Fsp3) is 0.188. The molecule has 1 amide bonds. The summed E-state index contributed by atoms with van der Waals surface area (Å²) in [5.74, 6) is 1.71. The largest absolute Gasteiger partial charge is 0.497 e. The van der Waals surface area contributed by atoms with E-state index >= 15 is 0 Å². The van der Waals surface area contributed by atoms with E-state index in [1.807, 2.05) is 0 Å². The van der Waals surface area contributed by atoms with Crippen molar-refractivity contribution in [3.63, 3.8) is 0 Å². The summed E-state index contributed by atoms with van der Waals surface area (Å²) < 4.78 is 16.5. The summed E-state index contributed by atoms with van der Waals surface area (Å²) in [5.41, 5.74) is 1.09. The summed E-state index contributed by atoms with van der Waals surface area (Å²) in [5, 5.41) is 2.83. The molecule has 0 spiro atoms. The van der Waals surface area contributed by atoms with Crippen molar-refractivity contribution >= 4 is 34.2 Å². The second-order valence-electron chi connectivity index (χ2n) is 4.37. The molecule has 0 aromatic heterocycles. The topological polar surface area (TPSA) is 56.8 Å². The van der Waals surface area contributed by atoms with E-state index in [4.69, 9.17) is 14.2 Å². The smallest absolute Gasteiger partial charge is 0.255 e. The summed E-state index contributed by atoms with van der Waals surface area (Å²) in [6, 6.07) is 10.5. The molecule has 0 aliphatic heterocycles. The lowest BCUT2D eigenvalue weighted by atomic mass is 10.2. The van der Waals surface area contributed by atoms with Crippen molar-refractivity contribution in [2.75, 3.05) is 26.6 Å². The van der Waals surface area contributed by atoms with E-state index in [1.165, 1.54) is 0 Å². The molecule has 0 unspecified atom stereocenters. The van der Waals surface area contributed by atoms with Crippen molar-refractivity contribution in [3.8, 4) is 17.2 Å². The number of hydrogen-bond donors (Lipinski definition) is 1. The van der Waals surface area contributed by atoms with Gasteiger partial charge in [0, 0.05) is 11.6 Å². The first-order chi connectivity index (χ1) is 10.6. The summed E-state index contributed by atoms with van der Waals surface area (Å²) in [7, 11) is 4.71. The van der Waals surface area contributed by atoms with Gasteiger partial charge in [0.25, 0.3) is 5.91 Å². The Morgan fingerprint density at radius 3 is 2.23 bits per heavy atom. The molecule has 0 aliphatic rings. The summed E-state index contributed by atoms with van der Waals surface area (Å²) >= 11 is 2.13. The molecule has 0 atom stereocenters. The van der Waals surface area contributed by atoms with Crippen LogP contribution in [0.1, 0.15) is 10.4 Å². The molecule has 2 aromatic carbocycles. The fourth-order valence-electron chi connectivity index (χ4n) is 1.91. The first-order valence-electron chi connectivity index (χ1n) is 6.46. The van der Waals surface area contributed by atoms with E-state index in [0.717, 1.165) is 9.32 Å². The molecule has 22 heavy (non-hydrogen) atoms. The van der Waals surface area contributed by atoms with Crippen LogP contribution >= 0.6 is 22.6 Å². The Labute approximate surface area is 142 Å². The van der Waals surface area contributed by atoms with E-state index in [9.17, 15) is 4.79 Å². The van der Waals surface area contributed by atoms with Crippen LogP contribution in [0.25, 0.3) is 0 Å². The van der Waals surface area contributed by atoms with Gasteiger partial charge in [-0.1, -0.05) is 0 Å². The highest BCUT2D eigenvalue weighted by Crippen LogP contribution is 2.29. The molecule has 0 saturated heterocycles. The molecule has 0 heterocycles. The van der Waals surface area contributed by atoms with Gasteiger partial charge < -0.3 is 19.5 Å². The van der Waals surface area contributed by atoms with Crippen molar-refractivity contribution in [3.05, 3.63) is 45.5 Å². The van der Waals surface area contributed by atoms with E-state index < -0.39 is 0 Å². The highest BCUT2D eigenvalue weighted by Gasteiger charge is 2.12. The third kappa shape index (κ3) is 3.62. The minimum absolute atomic E-state index is 0.230. The van der Waals surface area contributed by atoms with Gasteiger partial charge in [-0.15, -0.1) is 0 Å². The van der Waals surface area contributed by atoms with Gasteiger partial charge in [-0.2, -0.15) is 0 Å². The average Bonchev–Trinajstić information content (AvgIpc) is 2.54. The normalized spacial score (nSPS) is 10.0. The number of carbonyl (C=O) groups excluding carboxylic acids is 1. The van der Waals surface area contributed by atoms with Crippen molar-refractivity contribution in [1.82, 2.24) is 0 Å². The van der Waals surface area contributed by atoms with Gasteiger partial charge in [-0.25, -0.2) is 0 Å². The number of hydrogen-bond acceptors (Lipinski definition) is 4. The van der Waals surface area contributed by atoms with Crippen LogP contribution in [0.3, 0.4) is 0 Å². The van der Waals surface area contributed by atoms with E-state index in [1.54, 1.807) is 57.7 Å². The number of anilines is 1. The van der Waals surface area contributed by atoms with E-state index in [0.29, 0.717) is 22.7 Å². The van der Waals surface area contributed by atoms with Gasteiger partial charge in [0.05, 0.1) is 30.6 Å². The zero-order valence-corrected chi connectivity index (χ0v) is 14.6. The SMILES string of the molecule is COc1ccc(OC)c(NC(=O)c2ccc(OC)c(I)c2)c1. The molecule has 2 aromatic rings. The minimum atomic E-state index is -0.230. The Bertz CT molecular complexity index is 688. The molecule has 116 valence electrons. The van der Waals surface area contributed by atoms with E-state index in [-0.39, 0.29) is 5.91 Å². The molecule has 0 radical (unpaired) electrons. The van der Waals surface area contributed by atoms with Crippen LogP contribution in [0.4, 0.5) is 5.69 Å². The Hall–Kier alpha value is -1.96. The summed E-state index contributed by atoms with van der Waals surface area (Å²) in [6.07, 6.45) is 0. The first-order valence-corrected chi connectivity index (χ1v) is 7.54. The van der Waals surface area contributed by atoms with Crippen LogP contribution in [0.5, 0.6) is 17.2 Å². The lowest BCUT2D eigenvalue weighted by molar-refractivity contribution is 0.102. The number of carbonyl (C=O) groups is 1. The summed E-state index contributed by atoms with van der Waals surface area (Å²) in [6.45, 7) is 0. The maximum absolute atomic E-state index is 12.4. The lowest BCUT2D eigenvalue weighted by Crippen LogP contribution is -2.13. The zero-order chi connectivity index (χ0) is 16.1. The Morgan fingerprint density at radius 1 is 0.955 bits per heavy atom. The lowest BCUT2D eigenvalue weighted by Gasteiger charge is -2.12. The van der Waals surface area contributed by atoms with Crippen LogP contribution in [0.2, 0.25) is 0 Å². The number of methoxy groups -OCH3 is 3. The monoisotopic (exact) mass is 413 g/mol. The Morgan fingerprint density at radius 2 is 1.64 bits per heavy atom. The van der Waals surface area contributed by atoms with Gasteiger partial charge in [0.2, 0.25) is 0 Å². The number of halogens is 1. The predicted octanol–water partition coefficient (Wildman–Crippen LogP) is 3.57. The van der Waals surface area contributed by atoms with Gasteiger partial charge in [0.15, 0.2) is 0 Å². The van der Waals surface area contributed by atoms with Crippen LogP contribution < -0.4 is 19.5 Å². The third-order valence-electron chi connectivity index (χ3n) is 3.07. The molecule has 1 N–H and O–H groups in total. The van der Waals surface area contributed by atoms with Gasteiger partial charge in [0.1, 0.15) is 17.2 Å². The number of nitrogens with one attached hydrogen (secondary N) is 1. The number of rotatable bonds is 5. The zero-order valence-electron chi connectivity index (χ0n) is 12.5. The van der Waals surface area contributed by atoms with Crippen molar-refractivity contribution in [2.45, 2.75) is 0 Å². The van der Waals surface area contributed by atoms with Crippen LogP contribution in [0, 0.1) is 3.57 Å².